The van der Waals surface area contributed by atoms with E-state index < -0.39 is 4.92 Å². The normalized spacial score (nSPS) is 10.2. The molecule has 98 valence electrons. The van der Waals surface area contributed by atoms with Gasteiger partial charge in [0.25, 0.3) is 11.2 Å². The second kappa shape index (κ2) is 5.34. The van der Waals surface area contributed by atoms with Gasteiger partial charge < -0.3 is 9.30 Å². The zero-order chi connectivity index (χ0) is 13.8. The van der Waals surface area contributed by atoms with Crippen molar-refractivity contribution in [3.8, 4) is 5.75 Å². The number of pyridine rings is 1. The molecule has 1 heterocycles. The van der Waals surface area contributed by atoms with Crippen LogP contribution in [0.15, 0.2) is 47.4 Å². The molecule has 19 heavy (non-hydrogen) atoms. The summed E-state index contributed by atoms with van der Waals surface area (Å²) in [4.78, 5) is 21.9. The van der Waals surface area contributed by atoms with E-state index in [1.807, 2.05) is 0 Å². The Morgan fingerprint density at radius 2 is 2.11 bits per heavy atom. The number of rotatable bonds is 4. The molecule has 0 fully saturated rings. The molecule has 0 saturated carbocycles. The molecular weight excluding hydrogens is 248 g/mol. The molecule has 0 radical (unpaired) electrons. The molecule has 1 aromatic carbocycles. The van der Waals surface area contributed by atoms with Crippen LogP contribution in [0.3, 0.4) is 0 Å². The molecular formula is C13H12N2O4. The molecule has 0 aliphatic heterocycles. The lowest BCUT2D eigenvalue weighted by atomic mass is 10.1. The summed E-state index contributed by atoms with van der Waals surface area (Å²) >= 11 is 0. The molecule has 0 saturated heterocycles. The molecule has 1 aromatic heterocycles. The predicted molar refractivity (Wildman–Crippen MR) is 69.5 cm³/mol. The van der Waals surface area contributed by atoms with Gasteiger partial charge in [-0.1, -0.05) is 6.07 Å². The minimum absolute atomic E-state index is 0.0280. The number of nitro benzene ring substituents is 1. The van der Waals surface area contributed by atoms with Gasteiger partial charge in [-0.25, -0.2) is 0 Å². The van der Waals surface area contributed by atoms with Crippen LogP contribution in [0, 0.1) is 10.1 Å². The second-order valence-corrected chi connectivity index (χ2v) is 3.92. The van der Waals surface area contributed by atoms with Crippen molar-refractivity contribution < 1.29 is 9.66 Å². The molecule has 0 aliphatic rings. The van der Waals surface area contributed by atoms with Crippen molar-refractivity contribution in [2.75, 3.05) is 7.11 Å². The lowest BCUT2D eigenvalue weighted by Gasteiger charge is -2.09. The monoisotopic (exact) mass is 260 g/mol. The smallest absolute Gasteiger partial charge is 0.270 e. The van der Waals surface area contributed by atoms with Crippen molar-refractivity contribution in [3.05, 3.63) is 68.6 Å². The van der Waals surface area contributed by atoms with Gasteiger partial charge in [0.1, 0.15) is 5.75 Å². The van der Waals surface area contributed by atoms with Crippen molar-refractivity contribution in [1.29, 1.82) is 0 Å². The highest BCUT2D eigenvalue weighted by Crippen LogP contribution is 2.24. The Morgan fingerprint density at radius 3 is 2.74 bits per heavy atom. The molecule has 2 rings (SSSR count). The van der Waals surface area contributed by atoms with E-state index >= 15 is 0 Å². The molecule has 6 nitrogen and oxygen atoms in total. The fraction of sp³-hybridized carbons (Fsp3) is 0.154. The van der Waals surface area contributed by atoms with E-state index in [9.17, 15) is 14.9 Å². The van der Waals surface area contributed by atoms with Crippen molar-refractivity contribution >= 4 is 5.69 Å². The molecule has 0 spiro atoms. The van der Waals surface area contributed by atoms with E-state index in [0.717, 1.165) is 0 Å². The third-order valence-corrected chi connectivity index (χ3v) is 2.71. The van der Waals surface area contributed by atoms with Crippen molar-refractivity contribution in [3.63, 3.8) is 0 Å². The molecule has 6 heteroatoms. The van der Waals surface area contributed by atoms with E-state index in [0.29, 0.717) is 11.3 Å². The molecule has 0 amide bonds. The summed E-state index contributed by atoms with van der Waals surface area (Å²) in [5, 5.41) is 10.8. The van der Waals surface area contributed by atoms with Crippen molar-refractivity contribution in [2.45, 2.75) is 6.54 Å². The second-order valence-electron chi connectivity index (χ2n) is 3.92. The minimum atomic E-state index is -0.475. The maximum absolute atomic E-state index is 11.6. The fourth-order valence-corrected chi connectivity index (χ4v) is 1.78. The lowest BCUT2D eigenvalue weighted by molar-refractivity contribution is -0.384. The van der Waals surface area contributed by atoms with Gasteiger partial charge in [-0.3, -0.25) is 14.9 Å². The van der Waals surface area contributed by atoms with E-state index in [-0.39, 0.29) is 17.8 Å². The van der Waals surface area contributed by atoms with Gasteiger partial charge in [0.05, 0.1) is 18.6 Å². The van der Waals surface area contributed by atoms with E-state index in [4.69, 9.17) is 4.74 Å². The maximum atomic E-state index is 11.6. The Kier molecular flexibility index (Phi) is 3.61. The molecule has 0 aliphatic carbocycles. The summed E-state index contributed by atoms with van der Waals surface area (Å²) in [6.07, 6.45) is 1.63. The van der Waals surface area contributed by atoms with Gasteiger partial charge in [-0.05, 0) is 12.1 Å². The number of aromatic nitrogens is 1. The average Bonchev–Trinajstić information content (AvgIpc) is 2.41. The SMILES string of the molecule is COc1ccc([N+](=O)[O-])cc1Cn1ccccc1=O. The molecule has 0 unspecified atom stereocenters. The number of hydrogen-bond acceptors (Lipinski definition) is 4. The summed E-state index contributed by atoms with van der Waals surface area (Å²) in [6, 6.07) is 9.12. The van der Waals surface area contributed by atoms with Crippen LogP contribution in [0.25, 0.3) is 0 Å². The third kappa shape index (κ3) is 2.79. The number of benzene rings is 1. The van der Waals surface area contributed by atoms with Crippen LogP contribution >= 0.6 is 0 Å². The third-order valence-electron chi connectivity index (χ3n) is 2.71. The fourth-order valence-electron chi connectivity index (χ4n) is 1.78. The summed E-state index contributed by atoms with van der Waals surface area (Å²) in [6.45, 7) is 0.227. The van der Waals surface area contributed by atoms with Crippen molar-refractivity contribution in [1.82, 2.24) is 4.57 Å². The Balaban J connectivity index is 2.43. The molecule has 0 N–H and O–H groups in total. The first-order valence-electron chi connectivity index (χ1n) is 5.58. The standard InChI is InChI=1S/C13H12N2O4/c1-19-12-6-5-11(15(17)18)8-10(12)9-14-7-3-2-4-13(14)16/h2-8H,9H2,1H3. The number of non-ortho nitro benzene ring substituents is 1. The average molecular weight is 260 g/mol. The van der Waals surface area contributed by atoms with Crippen LogP contribution in [0.4, 0.5) is 5.69 Å². The number of nitrogens with zero attached hydrogens (tertiary/aromatic N) is 2. The van der Waals surface area contributed by atoms with Gasteiger partial charge in [0.15, 0.2) is 0 Å². The van der Waals surface area contributed by atoms with Gasteiger partial charge >= 0.3 is 0 Å². The van der Waals surface area contributed by atoms with E-state index in [1.165, 1.54) is 35.9 Å². The first kappa shape index (κ1) is 12.8. The van der Waals surface area contributed by atoms with Crippen LogP contribution in [-0.4, -0.2) is 16.6 Å². The van der Waals surface area contributed by atoms with Gasteiger partial charge in [0.2, 0.25) is 0 Å². The molecule has 0 atom stereocenters. The number of nitro groups is 1. The van der Waals surface area contributed by atoms with Gasteiger partial charge in [-0.15, -0.1) is 0 Å². The van der Waals surface area contributed by atoms with Crippen LogP contribution in [-0.2, 0) is 6.54 Å². The Labute approximate surface area is 109 Å². The van der Waals surface area contributed by atoms with E-state index in [1.54, 1.807) is 18.3 Å². The van der Waals surface area contributed by atoms with Crippen LogP contribution in [0.2, 0.25) is 0 Å². The summed E-state index contributed by atoms with van der Waals surface area (Å²) in [5.41, 5.74) is 0.390. The van der Waals surface area contributed by atoms with Gasteiger partial charge in [0, 0.05) is 30.0 Å². The first-order chi connectivity index (χ1) is 9.11. The number of hydrogen-bond donors (Lipinski definition) is 0. The predicted octanol–water partition coefficient (Wildman–Crippen LogP) is 1.81. The number of ether oxygens (including phenoxy) is 1. The van der Waals surface area contributed by atoms with Crippen LogP contribution in [0.1, 0.15) is 5.56 Å². The Bertz CT molecular complexity index is 664. The number of methoxy groups -OCH3 is 1. The Morgan fingerprint density at radius 1 is 1.32 bits per heavy atom. The van der Waals surface area contributed by atoms with Crippen molar-refractivity contribution in [2.24, 2.45) is 0 Å². The topological polar surface area (TPSA) is 74.4 Å². The Hall–Kier alpha value is -2.63. The van der Waals surface area contributed by atoms with Gasteiger partial charge in [-0.2, -0.15) is 0 Å². The highest BCUT2D eigenvalue weighted by molar-refractivity contribution is 5.43. The summed E-state index contributed by atoms with van der Waals surface area (Å²) in [7, 11) is 1.48. The molecule has 0 bridgehead atoms. The van der Waals surface area contributed by atoms with Crippen LogP contribution < -0.4 is 10.3 Å². The highest BCUT2D eigenvalue weighted by atomic mass is 16.6. The maximum Gasteiger partial charge on any atom is 0.270 e. The quantitative estimate of drug-likeness (QED) is 0.620. The first-order valence-corrected chi connectivity index (χ1v) is 5.58. The minimum Gasteiger partial charge on any atom is -0.496 e. The lowest BCUT2D eigenvalue weighted by Crippen LogP contribution is -2.18. The summed E-state index contributed by atoms with van der Waals surface area (Å²) < 4.78 is 6.61. The van der Waals surface area contributed by atoms with E-state index in [2.05, 4.69) is 0 Å². The largest absolute Gasteiger partial charge is 0.496 e. The zero-order valence-corrected chi connectivity index (χ0v) is 10.3. The van der Waals surface area contributed by atoms with Crippen LogP contribution in [0.5, 0.6) is 5.75 Å². The highest BCUT2D eigenvalue weighted by Gasteiger charge is 2.11. The zero-order valence-electron chi connectivity index (χ0n) is 10.3. The molecule has 2 aromatic rings. The summed E-state index contributed by atoms with van der Waals surface area (Å²) in [5.74, 6) is 0.515.